The van der Waals surface area contributed by atoms with Crippen LogP contribution < -0.4 is 10.1 Å². The smallest absolute Gasteiger partial charge is 0.120 e. The minimum absolute atomic E-state index is 0.381. The van der Waals surface area contributed by atoms with Gasteiger partial charge in [-0.25, -0.2) is 0 Å². The number of H-pyrrole nitrogens is 1. The van der Waals surface area contributed by atoms with Crippen LogP contribution in [0.4, 0.5) is 0 Å². The van der Waals surface area contributed by atoms with Crippen LogP contribution in [0.25, 0.3) is 10.9 Å². The monoisotopic (exact) mass is 332 g/mol. The number of hydrogen-bond donors (Lipinski definition) is 2. The first kappa shape index (κ1) is 17.1. The Morgan fingerprint density at radius 2 is 2.04 bits per heavy atom. The summed E-state index contributed by atoms with van der Waals surface area (Å²) in [6.45, 7) is 7.13. The summed E-state index contributed by atoms with van der Waals surface area (Å²) in [7, 11) is 0. The van der Waals surface area contributed by atoms with E-state index in [1.807, 2.05) is 30.3 Å². The number of nitrogens with one attached hydrogen (secondary N) is 2. The molecule has 3 nitrogen and oxygen atoms in total. The molecule has 0 spiro atoms. The zero-order chi connectivity index (χ0) is 17.5. The fraction of sp³-hybridized carbons (Fsp3) is 0.227. The van der Waals surface area contributed by atoms with Crippen LogP contribution in [-0.2, 0) is 13.0 Å². The molecule has 0 saturated heterocycles. The predicted octanol–water partition coefficient (Wildman–Crippen LogP) is 4.61. The van der Waals surface area contributed by atoms with Crippen molar-refractivity contribution in [3.05, 3.63) is 84.2 Å². The van der Waals surface area contributed by atoms with Crippen molar-refractivity contribution < 1.29 is 4.74 Å². The molecule has 3 heteroatoms. The maximum absolute atomic E-state index is 5.91. The van der Waals surface area contributed by atoms with Crippen molar-refractivity contribution in [1.82, 2.24) is 10.3 Å². The lowest BCUT2D eigenvalue weighted by Gasteiger charge is -2.10. The molecule has 0 bridgehead atoms. The highest BCUT2D eigenvalue weighted by atomic mass is 16.5. The van der Waals surface area contributed by atoms with Gasteiger partial charge in [-0.15, -0.1) is 5.73 Å². The van der Waals surface area contributed by atoms with Gasteiger partial charge in [0.2, 0.25) is 0 Å². The Morgan fingerprint density at radius 1 is 1.20 bits per heavy atom. The molecule has 1 aromatic heterocycles. The van der Waals surface area contributed by atoms with Gasteiger partial charge in [-0.3, -0.25) is 0 Å². The molecule has 2 aromatic carbocycles. The van der Waals surface area contributed by atoms with E-state index in [1.54, 1.807) is 0 Å². The number of aromatic amines is 1. The number of ether oxygens (including phenoxy) is 1. The maximum atomic E-state index is 5.91. The third-order valence-corrected chi connectivity index (χ3v) is 4.14. The molecule has 25 heavy (non-hydrogen) atoms. The van der Waals surface area contributed by atoms with Crippen molar-refractivity contribution in [2.24, 2.45) is 0 Å². The highest BCUT2D eigenvalue weighted by Gasteiger charge is 2.07. The van der Waals surface area contributed by atoms with E-state index in [2.05, 4.69) is 59.9 Å². The van der Waals surface area contributed by atoms with Crippen LogP contribution in [0.15, 0.2) is 73.0 Å². The van der Waals surface area contributed by atoms with E-state index in [0.717, 1.165) is 24.2 Å². The largest absolute Gasteiger partial charge is 0.489 e. The van der Waals surface area contributed by atoms with E-state index in [1.165, 1.54) is 16.6 Å². The lowest BCUT2D eigenvalue weighted by Crippen LogP contribution is -2.28. The molecule has 3 rings (SSSR count). The Bertz CT molecular complexity index is 860. The molecular weight excluding hydrogens is 308 g/mol. The number of hydrogen-bond acceptors (Lipinski definition) is 2. The minimum atomic E-state index is 0.381. The average molecular weight is 332 g/mol. The standard InChI is InChI=1S/C22H24N2O/c1-3-4-12-23-17(2)13-20-14-19-15-21(10-11-22(19)24-20)25-16-18-8-6-5-7-9-18/h4-11,14-15,17,23-24H,1,12-13,16H2,2H3. The zero-order valence-electron chi connectivity index (χ0n) is 14.6. The zero-order valence-corrected chi connectivity index (χ0v) is 14.6. The van der Waals surface area contributed by atoms with Crippen molar-refractivity contribution in [2.45, 2.75) is 26.0 Å². The van der Waals surface area contributed by atoms with Gasteiger partial charge in [0.25, 0.3) is 0 Å². The first-order valence-electron chi connectivity index (χ1n) is 8.60. The second-order valence-corrected chi connectivity index (χ2v) is 6.24. The normalized spacial score (nSPS) is 11.9. The molecule has 128 valence electrons. The van der Waals surface area contributed by atoms with Gasteiger partial charge < -0.3 is 15.0 Å². The van der Waals surface area contributed by atoms with Gasteiger partial charge in [-0.2, -0.15) is 0 Å². The van der Waals surface area contributed by atoms with Crippen LogP contribution in [-0.4, -0.2) is 17.6 Å². The van der Waals surface area contributed by atoms with Crippen LogP contribution >= 0.6 is 0 Å². The topological polar surface area (TPSA) is 37.0 Å². The Morgan fingerprint density at radius 3 is 2.84 bits per heavy atom. The summed E-state index contributed by atoms with van der Waals surface area (Å²) < 4.78 is 5.91. The number of fused-ring (bicyclic) bond motifs is 1. The summed E-state index contributed by atoms with van der Waals surface area (Å²) in [4.78, 5) is 3.48. The predicted molar refractivity (Wildman–Crippen MR) is 104 cm³/mol. The van der Waals surface area contributed by atoms with E-state index in [0.29, 0.717) is 12.6 Å². The third-order valence-electron chi connectivity index (χ3n) is 4.14. The first-order chi connectivity index (χ1) is 12.2. The molecule has 0 aliphatic heterocycles. The van der Waals surface area contributed by atoms with Crippen molar-refractivity contribution in [3.8, 4) is 5.75 Å². The van der Waals surface area contributed by atoms with Crippen molar-refractivity contribution in [1.29, 1.82) is 0 Å². The second-order valence-electron chi connectivity index (χ2n) is 6.24. The molecule has 1 heterocycles. The number of aromatic nitrogens is 1. The van der Waals surface area contributed by atoms with Crippen LogP contribution in [0.3, 0.4) is 0 Å². The van der Waals surface area contributed by atoms with Gasteiger partial charge in [0, 0.05) is 35.6 Å². The van der Waals surface area contributed by atoms with Crippen molar-refractivity contribution >= 4 is 10.9 Å². The lowest BCUT2D eigenvalue weighted by molar-refractivity contribution is 0.306. The van der Waals surface area contributed by atoms with Crippen molar-refractivity contribution in [2.75, 3.05) is 6.54 Å². The number of rotatable bonds is 8. The Hall–Kier alpha value is -2.74. The summed E-state index contributed by atoms with van der Waals surface area (Å²) in [5.41, 5.74) is 6.31. The second kappa shape index (κ2) is 8.39. The van der Waals surface area contributed by atoms with E-state index < -0.39 is 0 Å². The molecule has 0 aliphatic rings. The highest BCUT2D eigenvalue weighted by Crippen LogP contribution is 2.23. The first-order valence-corrected chi connectivity index (χ1v) is 8.60. The quantitative estimate of drug-likeness (QED) is 0.591. The summed E-state index contributed by atoms with van der Waals surface area (Å²) >= 11 is 0. The highest BCUT2D eigenvalue weighted by molar-refractivity contribution is 5.81. The molecule has 0 saturated carbocycles. The Balaban J connectivity index is 1.63. The summed E-state index contributed by atoms with van der Waals surface area (Å²) in [5.74, 6) is 0.893. The molecule has 0 fully saturated rings. The Labute approximate surface area is 149 Å². The third kappa shape index (κ3) is 4.87. The molecule has 2 N–H and O–H groups in total. The van der Waals surface area contributed by atoms with Gasteiger partial charge in [0.15, 0.2) is 0 Å². The van der Waals surface area contributed by atoms with Crippen molar-refractivity contribution in [3.63, 3.8) is 0 Å². The van der Waals surface area contributed by atoms with E-state index in [4.69, 9.17) is 4.74 Å². The molecule has 0 aliphatic carbocycles. The van der Waals surface area contributed by atoms with Gasteiger partial charge >= 0.3 is 0 Å². The summed E-state index contributed by atoms with van der Waals surface area (Å²) in [6.07, 6.45) is 2.85. The van der Waals surface area contributed by atoms with Crippen LogP contribution in [0.2, 0.25) is 0 Å². The molecule has 1 unspecified atom stereocenters. The summed E-state index contributed by atoms with van der Waals surface area (Å²) in [5, 5.41) is 4.60. The van der Waals surface area contributed by atoms with E-state index >= 15 is 0 Å². The van der Waals surface area contributed by atoms with Gasteiger partial charge in [-0.05, 0) is 42.8 Å². The minimum Gasteiger partial charge on any atom is -0.489 e. The lowest BCUT2D eigenvalue weighted by atomic mass is 10.1. The summed E-state index contributed by atoms with van der Waals surface area (Å²) in [6, 6.07) is 19.0. The SMILES string of the molecule is C=C=CCNC(C)Cc1cc2cc(OCc3ccccc3)ccc2[nH]1. The average Bonchev–Trinajstić information content (AvgIpc) is 3.02. The fourth-order valence-electron chi connectivity index (χ4n) is 2.85. The molecule has 1 atom stereocenters. The van der Waals surface area contributed by atoms with Gasteiger partial charge in [0.05, 0.1) is 0 Å². The fourth-order valence-corrected chi connectivity index (χ4v) is 2.85. The maximum Gasteiger partial charge on any atom is 0.120 e. The molecule has 0 radical (unpaired) electrons. The van der Waals surface area contributed by atoms with E-state index in [9.17, 15) is 0 Å². The Kier molecular flexibility index (Phi) is 5.73. The van der Waals surface area contributed by atoms with E-state index in [-0.39, 0.29) is 0 Å². The van der Waals surface area contributed by atoms with Gasteiger partial charge in [0.1, 0.15) is 12.4 Å². The van der Waals surface area contributed by atoms with Gasteiger partial charge in [-0.1, -0.05) is 36.9 Å². The number of benzene rings is 2. The van der Waals surface area contributed by atoms with Crippen LogP contribution in [0.1, 0.15) is 18.2 Å². The molecule has 0 amide bonds. The molecular formula is C22H24N2O. The molecule has 3 aromatic rings. The van der Waals surface area contributed by atoms with Crippen LogP contribution in [0.5, 0.6) is 5.75 Å². The van der Waals surface area contributed by atoms with Crippen LogP contribution in [0, 0.1) is 0 Å².